The number of aliphatic carboxylic acids is 1. The molecule has 2 aliphatic rings. The Morgan fingerprint density at radius 1 is 1.35 bits per heavy atom. The molecule has 1 aromatic heterocycles. The van der Waals surface area contributed by atoms with Gasteiger partial charge in [0.1, 0.15) is 10.3 Å². The Morgan fingerprint density at radius 2 is 2.10 bits per heavy atom. The first-order valence-electron chi connectivity index (χ1n) is 6.81. The van der Waals surface area contributed by atoms with E-state index in [-0.39, 0.29) is 16.2 Å². The molecule has 20 heavy (non-hydrogen) atoms. The van der Waals surface area contributed by atoms with Crippen LogP contribution in [-0.2, 0) is 14.8 Å². The second kappa shape index (κ2) is 5.13. The van der Waals surface area contributed by atoms with Crippen LogP contribution in [0.4, 0.5) is 0 Å². The summed E-state index contributed by atoms with van der Waals surface area (Å²) in [6.07, 6.45) is 4.21. The van der Waals surface area contributed by atoms with Crippen LogP contribution in [-0.4, -0.2) is 35.9 Å². The van der Waals surface area contributed by atoms with Gasteiger partial charge in [-0.05, 0) is 36.6 Å². The van der Waals surface area contributed by atoms with Gasteiger partial charge in [0.25, 0.3) is 10.0 Å². The molecule has 0 aromatic carbocycles. The number of thiophene rings is 1. The van der Waals surface area contributed by atoms with Gasteiger partial charge in [0.2, 0.25) is 0 Å². The minimum Gasteiger partial charge on any atom is -0.480 e. The number of carboxylic acid groups (broad SMARTS) is 1. The average Bonchev–Trinajstić information content (AvgIpc) is 3.06. The molecular weight excluding hydrogens is 298 g/mol. The van der Waals surface area contributed by atoms with E-state index in [0.717, 1.165) is 37.0 Å². The van der Waals surface area contributed by atoms with E-state index in [1.54, 1.807) is 17.5 Å². The number of sulfonamides is 1. The van der Waals surface area contributed by atoms with Gasteiger partial charge in [-0.1, -0.05) is 18.9 Å². The van der Waals surface area contributed by atoms with E-state index in [0.29, 0.717) is 6.42 Å². The summed E-state index contributed by atoms with van der Waals surface area (Å²) in [5, 5.41) is 11.1. The fraction of sp³-hybridized carbons (Fsp3) is 0.615. The second-order valence-corrected chi connectivity index (χ2v) is 8.49. The van der Waals surface area contributed by atoms with Gasteiger partial charge in [0.05, 0.1) is 0 Å². The lowest BCUT2D eigenvalue weighted by atomic mass is 9.85. The van der Waals surface area contributed by atoms with Crippen molar-refractivity contribution in [2.24, 2.45) is 5.92 Å². The van der Waals surface area contributed by atoms with Crippen molar-refractivity contribution < 1.29 is 18.3 Å². The smallest absolute Gasteiger partial charge is 0.322 e. The summed E-state index contributed by atoms with van der Waals surface area (Å²) >= 11 is 1.15. The maximum absolute atomic E-state index is 12.7. The zero-order chi connectivity index (χ0) is 14.3. The highest BCUT2D eigenvalue weighted by molar-refractivity contribution is 7.91. The third-order valence-corrected chi connectivity index (χ3v) is 7.65. The van der Waals surface area contributed by atoms with Crippen molar-refractivity contribution in [3.05, 3.63) is 17.5 Å². The van der Waals surface area contributed by atoms with Crippen molar-refractivity contribution in [1.82, 2.24) is 4.31 Å². The molecule has 110 valence electrons. The Kier molecular flexibility index (Phi) is 3.60. The minimum atomic E-state index is -3.69. The SMILES string of the molecule is O=C(O)C1CC2CCCCC2N1S(=O)(=O)c1cccs1. The van der Waals surface area contributed by atoms with Gasteiger partial charge in [-0.25, -0.2) is 8.42 Å². The number of fused-ring (bicyclic) bond motifs is 1. The number of hydrogen-bond acceptors (Lipinski definition) is 4. The summed E-state index contributed by atoms with van der Waals surface area (Å²) < 4.78 is 27.0. The molecule has 7 heteroatoms. The molecule has 3 rings (SSSR count). The predicted molar refractivity (Wildman–Crippen MR) is 75.1 cm³/mol. The van der Waals surface area contributed by atoms with Crippen LogP contribution < -0.4 is 0 Å². The summed E-state index contributed by atoms with van der Waals surface area (Å²) in [5.41, 5.74) is 0. The molecule has 1 aromatic rings. The monoisotopic (exact) mass is 315 g/mol. The van der Waals surface area contributed by atoms with Gasteiger partial charge in [-0.15, -0.1) is 11.3 Å². The highest BCUT2D eigenvalue weighted by Gasteiger charge is 2.51. The number of hydrogen-bond donors (Lipinski definition) is 1. The first-order chi connectivity index (χ1) is 9.51. The highest BCUT2D eigenvalue weighted by atomic mass is 32.2. The third-order valence-electron chi connectivity index (χ3n) is 4.34. The Balaban J connectivity index is 2.01. The maximum atomic E-state index is 12.7. The second-order valence-electron chi connectivity index (χ2n) is 5.47. The molecule has 5 nitrogen and oxygen atoms in total. The molecule has 2 heterocycles. The molecule has 3 unspecified atom stereocenters. The van der Waals surface area contributed by atoms with E-state index in [4.69, 9.17) is 0 Å². The summed E-state index contributed by atoms with van der Waals surface area (Å²) in [7, 11) is -3.69. The number of rotatable bonds is 3. The molecule has 1 saturated carbocycles. The molecule has 0 spiro atoms. The Bertz CT molecular complexity index is 596. The topological polar surface area (TPSA) is 74.7 Å². The van der Waals surface area contributed by atoms with Gasteiger partial charge >= 0.3 is 5.97 Å². The van der Waals surface area contributed by atoms with E-state index >= 15 is 0 Å². The first-order valence-corrected chi connectivity index (χ1v) is 9.13. The van der Waals surface area contributed by atoms with E-state index < -0.39 is 22.0 Å². The van der Waals surface area contributed by atoms with Crippen LogP contribution in [0.5, 0.6) is 0 Å². The molecule has 1 aliphatic heterocycles. The van der Waals surface area contributed by atoms with Crippen molar-refractivity contribution in [1.29, 1.82) is 0 Å². The van der Waals surface area contributed by atoms with Gasteiger partial charge in [0, 0.05) is 6.04 Å². The summed E-state index contributed by atoms with van der Waals surface area (Å²) in [4.78, 5) is 11.5. The van der Waals surface area contributed by atoms with E-state index in [1.807, 2.05) is 0 Å². The van der Waals surface area contributed by atoms with Crippen molar-refractivity contribution in [3.63, 3.8) is 0 Å². The average molecular weight is 315 g/mol. The molecule has 0 amide bonds. The zero-order valence-electron chi connectivity index (χ0n) is 10.9. The van der Waals surface area contributed by atoms with Gasteiger partial charge in [-0.3, -0.25) is 4.79 Å². The third kappa shape index (κ3) is 2.17. The van der Waals surface area contributed by atoms with Gasteiger partial charge in [-0.2, -0.15) is 4.31 Å². The molecule has 1 aliphatic carbocycles. The number of carbonyl (C=O) groups is 1. The van der Waals surface area contributed by atoms with Crippen molar-refractivity contribution in [3.8, 4) is 0 Å². The molecular formula is C13H17NO4S2. The Morgan fingerprint density at radius 3 is 2.75 bits per heavy atom. The van der Waals surface area contributed by atoms with Crippen LogP contribution in [0.2, 0.25) is 0 Å². The number of carboxylic acids is 1. The quantitative estimate of drug-likeness (QED) is 0.927. The number of nitrogens with zero attached hydrogens (tertiary/aromatic N) is 1. The van der Waals surface area contributed by atoms with E-state index in [9.17, 15) is 18.3 Å². The normalized spacial score (nSPS) is 31.1. The summed E-state index contributed by atoms with van der Waals surface area (Å²) in [6, 6.07) is 2.18. The molecule has 1 N–H and O–H groups in total. The standard InChI is InChI=1S/C13H17NO4S2/c15-13(16)11-8-9-4-1-2-5-10(9)14(11)20(17,18)12-6-3-7-19-12/h3,6-7,9-11H,1-2,4-5,8H2,(H,15,16). The van der Waals surface area contributed by atoms with Crippen LogP contribution in [0, 0.1) is 5.92 Å². The van der Waals surface area contributed by atoms with Crippen molar-refractivity contribution in [2.75, 3.05) is 0 Å². The van der Waals surface area contributed by atoms with Gasteiger partial charge < -0.3 is 5.11 Å². The first kappa shape index (κ1) is 14.0. The lowest BCUT2D eigenvalue weighted by Gasteiger charge is -2.31. The van der Waals surface area contributed by atoms with E-state index in [1.165, 1.54) is 4.31 Å². The largest absolute Gasteiger partial charge is 0.480 e. The fourth-order valence-corrected chi connectivity index (χ4v) is 6.45. The molecule has 2 fully saturated rings. The van der Waals surface area contributed by atoms with Crippen LogP contribution in [0.1, 0.15) is 32.1 Å². The molecule has 3 atom stereocenters. The predicted octanol–water partition coefficient (Wildman–Crippen LogP) is 2.15. The maximum Gasteiger partial charge on any atom is 0.322 e. The zero-order valence-corrected chi connectivity index (χ0v) is 12.6. The highest BCUT2D eigenvalue weighted by Crippen LogP contribution is 2.43. The molecule has 0 radical (unpaired) electrons. The fourth-order valence-electron chi connectivity index (χ4n) is 3.49. The lowest BCUT2D eigenvalue weighted by Crippen LogP contribution is -2.45. The lowest BCUT2D eigenvalue weighted by molar-refractivity contribution is -0.140. The van der Waals surface area contributed by atoms with Crippen LogP contribution in [0.25, 0.3) is 0 Å². The Hall–Kier alpha value is -0.920. The Labute approximate surface area is 122 Å². The van der Waals surface area contributed by atoms with Crippen LogP contribution in [0.15, 0.2) is 21.7 Å². The summed E-state index contributed by atoms with van der Waals surface area (Å²) in [6.45, 7) is 0. The van der Waals surface area contributed by atoms with Gasteiger partial charge in [0.15, 0.2) is 0 Å². The van der Waals surface area contributed by atoms with Crippen molar-refractivity contribution in [2.45, 2.75) is 48.4 Å². The summed E-state index contributed by atoms with van der Waals surface area (Å²) in [5.74, 6) is -0.834. The molecule has 0 bridgehead atoms. The van der Waals surface area contributed by atoms with Crippen LogP contribution >= 0.6 is 11.3 Å². The van der Waals surface area contributed by atoms with Crippen molar-refractivity contribution >= 4 is 27.3 Å². The van der Waals surface area contributed by atoms with Crippen LogP contribution in [0.3, 0.4) is 0 Å². The minimum absolute atomic E-state index is 0.142. The van der Waals surface area contributed by atoms with E-state index in [2.05, 4.69) is 0 Å². The molecule has 1 saturated heterocycles.